The number of ether oxygens (including phenoxy) is 1. The zero-order valence-electron chi connectivity index (χ0n) is 13.3. The summed E-state index contributed by atoms with van der Waals surface area (Å²) in [7, 11) is 1.26. The van der Waals surface area contributed by atoms with Gasteiger partial charge in [-0.1, -0.05) is 12.1 Å². The van der Waals surface area contributed by atoms with Crippen LogP contribution in [0.1, 0.15) is 27.0 Å². The van der Waals surface area contributed by atoms with Crippen molar-refractivity contribution >= 4 is 23.3 Å². The molecule has 8 nitrogen and oxygen atoms in total. The third-order valence-corrected chi connectivity index (χ3v) is 3.45. The van der Waals surface area contributed by atoms with E-state index in [0.29, 0.717) is 5.69 Å². The van der Waals surface area contributed by atoms with E-state index in [4.69, 9.17) is 15.7 Å². The first kappa shape index (κ1) is 17.3. The average Bonchev–Trinajstić information content (AvgIpc) is 2.62. The van der Waals surface area contributed by atoms with Crippen LogP contribution in [0.25, 0.3) is 0 Å². The molecule has 0 saturated heterocycles. The number of hydrogen-bond donors (Lipinski definition) is 2. The van der Waals surface area contributed by atoms with Crippen molar-refractivity contribution in [3.8, 4) is 18.2 Å². The number of benzene rings is 1. The maximum atomic E-state index is 11.9. The zero-order chi connectivity index (χ0) is 18.4. The lowest BCUT2D eigenvalue weighted by Gasteiger charge is -2.10. The molecule has 4 N–H and O–H groups in total. The van der Waals surface area contributed by atoms with E-state index >= 15 is 0 Å². The van der Waals surface area contributed by atoms with Crippen LogP contribution in [0.5, 0.6) is 0 Å². The molecule has 1 heterocycles. The van der Waals surface area contributed by atoms with Gasteiger partial charge in [0.25, 0.3) is 0 Å². The number of hydrogen-bond acceptors (Lipinski definition) is 7. The maximum Gasteiger partial charge on any atom is 0.341 e. The predicted molar refractivity (Wildman–Crippen MR) is 87.2 cm³/mol. The topological polar surface area (TPSA) is 150 Å². The predicted octanol–water partition coefficient (Wildman–Crippen LogP) is 1.42. The molecular weight excluding hydrogens is 320 g/mol. The Hall–Kier alpha value is -4.09. The van der Waals surface area contributed by atoms with Gasteiger partial charge < -0.3 is 10.5 Å². The molecule has 0 spiro atoms. The van der Waals surface area contributed by atoms with Gasteiger partial charge in [0.05, 0.1) is 25.2 Å². The second-order valence-electron chi connectivity index (χ2n) is 4.86. The number of nitrogens with zero attached hydrogens (tertiary/aromatic N) is 3. The number of H-pyrrole nitrogens is 1. The number of carbonyl (C=O) groups is 1. The van der Waals surface area contributed by atoms with Gasteiger partial charge in [-0.25, -0.2) is 9.78 Å². The number of nitrogen functional groups attached to an aromatic ring is 1. The minimum atomic E-state index is -0.555. The summed E-state index contributed by atoms with van der Waals surface area (Å²) in [5.41, 5.74) is 6.82. The fourth-order valence-corrected chi connectivity index (χ4v) is 2.31. The third-order valence-electron chi connectivity index (χ3n) is 3.45. The van der Waals surface area contributed by atoms with Crippen LogP contribution in [0.4, 0.5) is 17.3 Å². The van der Waals surface area contributed by atoms with Crippen LogP contribution >= 0.6 is 0 Å². The van der Waals surface area contributed by atoms with Crippen LogP contribution < -0.4 is 16.0 Å². The highest BCUT2D eigenvalue weighted by molar-refractivity contribution is 5.96. The number of rotatable bonds is 4. The summed E-state index contributed by atoms with van der Waals surface area (Å²) in [4.78, 5) is 14.6. The normalized spacial score (nSPS) is 9.36. The fraction of sp³-hybridized carbons (Fsp3) is 0.118. The van der Waals surface area contributed by atoms with Crippen molar-refractivity contribution in [1.29, 1.82) is 15.8 Å². The van der Waals surface area contributed by atoms with Gasteiger partial charge >= 0.3 is 5.97 Å². The van der Waals surface area contributed by atoms with Gasteiger partial charge in [-0.05, 0) is 12.1 Å². The molecule has 2 aromatic rings. The zero-order valence-corrected chi connectivity index (χ0v) is 13.3. The quantitative estimate of drug-likeness (QED) is 0.803. The molecule has 0 aliphatic carbocycles. The Morgan fingerprint density at radius 1 is 1.24 bits per heavy atom. The molecule has 0 radical (unpaired) electrons. The highest BCUT2D eigenvalue weighted by Gasteiger charge is 2.23. The van der Waals surface area contributed by atoms with Crippen LogP contribution in [0.2, 0.25) is 0 Å². The van der Waals surface area contributed by atoms with Gasteiger partial charge in [-0.15, -0.1) is 0 Å². The summed E-state index contributed by atoms with van der Waals surface area (Å²) < 4.78 is 4.73. The molecule has 0 fully saturated rings. The lowest BCUT2D eigenvalue weighted by molar-refractivity contribution is -0.343. The standard InChI is InChI=1S/C17H12N6O2/c1-25-17(24)11-4-2-3-5-14(11)22-16-13(9-20)10(6-7-18)12(8-19)15(21)23-16/h2-5H,6H2,1H3,(H3,21,22,23)/p+1. The van der Waals surface area contributed by atoms with Crippen molar-refractivity contribution in [3.63, 3.8) is 0 Å². The number of nitrogens with two attached hydrogens (primary N) is 1. The van der Waals surface area contributed by atoms with E-state index in [9.17, 15) is 15.3 Å². The number of anilines is 3. The SMILES string of the molecule is COC(=O)c1ccccc1Nc1[nH+]c(N)c(C#N)c(CC#N)c1C#N. The van der Waals surface area contributed by atoms with Crippen molar-refractivity contribution in [2.45, 2.75) is 6.42 Å². The number of aromatic amines is 1. The summed E-state index contributed by atoms with van der Waals surface area (Å²) in [5, 5.41) is 30.6. The average molecular weight is 333 g/mol. The molecule has 0 amide bonds. The van der Waals surface area contributed by atoms with Gasteiger partial charge in [0.2, 0.25) is 11.6 Å². The number of methoxy groups -OCH3 is 1. The molecule has 25 heavy (non-hydrogen) atoms. The number of esters is 1. The first-order valence-corrected chi connectivity index (χ1v) is 7.06. The van der Waals surface area contributed by atoms with E-state index < -0.39 is 5.97 Å². The fourth-order valence-electron chi connectivity index (χ4n) is 2.31. The molecule has 1 aromatic carbocycles. The largest absolute Gasteiger partial charge is 0.465 e. The highest BCUT2D eigenvalue weighted by Crippen LogP contribution is 2.26. The van der Waals surface area contributed by atoms with Crippen LogP contribution in [0, 0.1) is 34.0 Å². The highest BCUT2D eigenvalue weighted by atomic mass is 16.5. The summed E-state index contributed by atoms with van der Waals surface area (Å²) >= 11 is 0. The minimum Gasteiger partial charge on any atom is -0.465 e. The summed E-state index contributed by atoms with van der Waals surface area (Å²) in [6, 6.07) is 12.3. The number of aromatic nitrogens is 1. The number of nitriles is 3. The van der Waals surface area contributed by atoms with E-state index in [1.807, 2.05) is 18.2 Å². The van der Waals surface area contributed by atoms with Gasteiger partial charge in [-0.2, -0.15) is 15.8 Å². The van der Waals surface area contributed by atoms with E-state index in [2.05, 4.69) is 10.3 Å². The van der Waals surface area contributed by atoms with Crippen LogP contribution in [-0.4, -0.2) is 13.1 Å². The maximum absolute atomic E-state index is 11.9. The monoisotopic (exact) mass is 333 g/mol. The second-order valence-corrected chi connectivity index (χ2v) is 4.86. The molecule has 0 aliphatic heterocycles. The van der Waals surface area contributed by atoms with Crippen LogP contribution in [0.15, 0.2) is 24.3 Å². The van der Waals surface area contributed by atoms with Gasteiger partial charge in [0, 0.05) is 5.56 Å². The molecule has 1 aromatic heterocycles. The first-order chi connectivity index (χ1) is 12.1. The van der Waals surface area contributed by atoms with E-state index in [0.717, 1.165) is 0 Å². The van der Waals surface area contributed by atoms with Crippen LogP contribution in [0.3, 0.4) is 0 Å². The Bertz CT molecular complexity index is 963. The Kier molecular flexibility index (Phi) is 5.15. The first-order valence-electron chi connectivity index (χ1n) is 7.06. The lowest BCUT2D eigenvalue weighted by atomic mass is 10.0. The van der Waals surface area contributed by atoms with E-state index in [1.54, 1.807) is 24.3 Å². The smallest absolute Gasteiger partial charge is 0.341 e. The summed E-state index contributed by atoms with van der Waals surface area (Å²) in [6.45, 7) is 0. The summed E-state index contributed by atoms with van der Waals surface area (Å²) in [5.74, 6) is -0.356. The number of pyridine rings is 1. The van der Waals surface area contributed by atoms with E-state index in [1.165, 1.54) is 7.11 Å². The Morgan fingerprint density at radius 3 is 2.52 bits per heavy atom. The van der Waals surface area contributed by atoms with Gasteiger partial charge in [0.1, 0.15) is 29.0 Å². The molecule has 0 unspecified atom stereocenters. The molecular formula is C17H13N6O2+. The minimum absolute atomic E-state index is 0.0183. The second kappa shape index (κ2) is 7.45. The number of nitrogens with one attached hydrogen (secondary N) is 2. The lowest BCUT2D eigenvalue weighted by Crippen LogP contribution is -2.22. The molecule has 8 heteroatoms. The van der Waals surface area contributed by atoms with Crippen molar-refractivity contribution in [2.75, 3.05) is 18.2 Å². The third kappa shape index (κ3) is 3.31. The van der Waals surface area contributed by atoms with Crippen molar-refractivity contribution in [1.82, 2.24) is 0 Å². The molecule has 0 bridgehead atoms. The molecule has 0 atom stereocenters. The van der Waals surface area contributed by atoms with Crippen molar-refractivity contribution in [3.05, 3.63) is 46.5 Å². The summed E-state index contributed by atoms with van der Waals surface area (Å²) in [6.07, 6.45) is -0.155. The van der Waals surface area contributed by atoms with Crippen molar-refractivity contribution < 1.29 is 14.5 Å². The Morgan fingerprint density at radius 2 is 1.92 bits per heavy atom. The molecule has 2 rings (SSSR count). The number of para-hydroxylation sites is 1. The van der Waals surface area contributed by atoms with Gasteiger partial charge in [-0.3, -0.25) is 5.32 Å². The van der Waals surface area contributed by atoms with Gasteiger partial charge in [0.15, 0.2) is 0 Å². The van der Waals surface area contributed by atoms with Crippen LogP contribution in [-0.2, 0) is 11.2 Å². The van der Waals surface area contributed by atoms with Crippen molar-refractivity contribution in [2.24, 2.45) is 0 Å². The number of carbonyl (C=O) groups excluding carboxylic acids is 1. The molecule has 0 aliphatic rings. The molecule has 0 saturated carbocycles. The Labute approximate surface area is 143 Å². The Balaban J connectivity index is 2.63. The van der Waals surface area contributed by atoms with E-state index in [-0.39, 0.29) is 40.3 Å². The molecule has 122 valence electrons.